The van der Waals surface area contributed by atoms with E-state index in [1.165, 1.54) is 6.08 Å². The zero-order chi connectivity index (χ0) is 13.0. The fourth-order valence-corrected chi connectivity index (χ4v) is 1.62. The molecule has 2 aromatic rings. The van der Waals surface area contributed by atoms with Crippen molar-refractivity contribution in [1.29, 1.82) is 0 Å². The zero-order valence-corrected chi connectivity index (χ0v) is 9.71. The molecule has 3 N–H and O–H groups in total. The molecule has 2 aromatic carbocycles. The summed E-state index contributed by atoms with van der Waals surface area (Å²) >= 11 is 0. The van der Waals surface area contributed by atoms with Gasteiger partial charge < -0.3 is 10.8 Å². The summed E-state index contributed by atoms with van der Waals surface area (Å²) < 4.78 is 0. The minimum Gasteiger partial charge on any atom is -0.508 e. The highest BCUT2D eigenvalue weighted by atomic mass is 16.3. The number of carbonyl (C=O) groups excluding carboxylic acids is 1. The second-order valence-electron chi connectivity index (χ2n) is 3.90. The number of hydrogen-bond acceptors (Lipinski definition) is 2. The standard InChI is InChI=1S/C15H13NO2/c16-15(18)10-3-11-1-4-12(5-2-11)13-6-8-14(17)9-7-13/h1-10,17H,(H2,16,18). The minimum atomic E-state index is -0.461. The molecule has 2 rings (SSSR count). The van der Waals surface area contributed by atoms with Crippen LogP contribution in [-0.2, 0) is 4.79 Å². The van der Waals surface area contributed by atoms with Gasteiger partial charge in [0.2, 0.25) is 5.91 Å². The number of benzene rings is 2. The highest BCUT2D eigenvalue weighted by Crippen LogP contribution is 2.22. The number of phenols is 1. The van der Waals surface area contributed by atoms with Crippen LogP contribution in [0.15, 0.2) is 54.6 Å². The third kappa shape index (κ3) is 2.98. The molecule has 90 valence electrons. The van der Waals surface area contributed by atoms with Crippen LogP contribution in [0, 0.1) is 0 Å². The fraction of sp³-hybridized carbons (Fsp3) is 0. The Morgan fingerprint density at radius 1 is 0.944 bits per heavy atom. The molecule has 0 unspecified atom stereocenters. The molecule has 0 saturated carbocycles. The van der Waals surface area contributed by atoms with Crippen molar-refractivity contribution in [1.82, 2.24) is 0 Å². The van der Waals surface area contributed by atoms with Crippen LogP contribution in [0.3, 0.4) is 0 Å². The lowest BCUT2D eigenvalue weighted by atomic mass is 10.0. The number of primary amides is 1. The Morgan fingerprint density at radius 3 is 1.94 bits per heavy atom. The van der Waals surface area contributed by atoms with Crippen LogP contribution < -0.4 is 5.73 Å². The van der Waals surface area contributed by atoms with Crippen molar-refractivity contribution in [2.75, 3.05) is 0 Å². The van der Waals surface area contributed by atoms with Crippen molar-refractivity contribution >= 4 is 12.0 Å². The van der Waals surface area contributed by atoms with Gasteiger partial charge in [-0.3, -0.25) is 4.79 Å². The van der Waals surface area contributed by atoms with E-state index in [0.717, 1.165) is 16.7 Å². The van der Waals surface area contributed by atoms with Gasteiger partial charge in [0.25, 0.3) is 0 Å². The van der Waals surface area contributed by atoms with Gasteiger partial charge in [-0.15, -0.1) is 0 Å². The average molecular weight is 239 g/mol. The molecule has 0 radical (unpaired) electrons. The first-order valence-corrected chi connectivity index (χ1v) is 5.52. The van der Waals surface area contributed by atoms with E-state index in [2.05, 4.69) is 0 Å². The maximum atomic E-state index is 10.6. The van der Waals surface area contributed by atoms with E-state index in [0.29, 0.717) is 0 Å². The van der Waals surface area contributed by atoms with Crippen LogP contribution in [-0.4, -0.2) is 11.0 Å². The smallest absolute Gasteiger partial charge is 0.241 e. The predicted molar refractivity (Wildman–Crippen MR) is 71.8 cm³/mol. The van der Waals surface area contributed by atoms with E-state index in [9.17, 15) is 9.90 Å². The van der Waals surface area contributed by atoms with Crippen LogP contribution in [0.1, 0.15) is 5.56 Å². The van der Waals surface area contributed by atoms with E-state index in [1.54, 1.807) is 18.2 Å². The highest BCUT2D eigenvalue weighted by Gasteiger charge is 1.97. The van der Waals surface area contributed by atoms with Gasteiger partial charge in [0.05, 0.1) is 0 Å². The van der Waals surface area contributed by atoms with Crippen LogP contribution in [0.5, 0.6) is 5.75 Å². The lowest BCUT2D eigenvalue weighted by Gasteiger charge is -2.02. The maximum absolute atomic E-state index is 10.6. The Balaban J connectivity index is 2.22. The Kier molecular flexibility index (Phi) is 3.44. The summed E-state index contributed by atoms with van der Waals surface area (Å²) in [6, 6.07) is 14.7. The van der Waals surface area contributed by atoms with E-state index < -0.39 is 5.91 Å². The van der Waals surface area contributed by atoms with E-state index in [1.807, 2.05) is 36.4 Å². The molecule has 0 bridgehead atoms. The average Bonchev–Trinajstić information content (AvgIpc) is 2.38. The number of amides is 1. The third-order valence-electron chi connectivity index (χ3n) is 2.55. The molecule has 1 amide bonds. The Bertz CT molecular complexity index is 568. The van der Waals surface area contributed by atoms with Crippen LogP contribution >= 0.6 is 0 Å². The normalized spacial score (nSPS) is 10.7. The molecule has 0 heterocycles. The van der Waals surface area contributed by atoms with Gasteiger partial charge in [0.1, 0.15) is 5.75 Å². The summed E-state index contributed by atoms with van der Waals surface area (Å²) in [7, 11) is 0. The molecule has 0 aliphatic carbocycles. The molecule has 0 aliphatic rings. The lowest BCUT2D eigenvalue weighted by molar-refractivity contribution is -0.113. The van der Waals surface area contributed by atoms with E-state index in [-0.39, 0.29) is 5.75 Å². The molecule has 3 heteroatoms. The minimum absolute atomic E-state index is 0.250. The van der Waals surface area contributed by atoms with Gasteiger partial charge in [-0.05, 0) is 34.9 Å². The molecular weight excluding hydrogens is 226 g/mol. The summed E-state index contributed by atoms with van der Waals surface area (Å²) in [5.41, 5.74) is 8.01. The summed E-state index contributed by atoms with van der Waals surface area (Å²) in [6.07, 6.45) is 3.00. The van der Waals surface area contributed by atoms with Crippen LogP contribution in [0.4, 0.5) is 0 Å². The second kappa shape index (κ2) is 5.19. The summed E-state index contributed by atoms with van der Waals surface area (Å²) in [5.74, 6) is -0.211. The molecular formula is C15H13NO2. The van der Waals surface area contributed by atoms with Crippen molar-refractivity contribution < 1.29 is 9.90 Å². The molecule has 0 fully saturated rings. The Labute approximate surface area is 105 Å². The van der Waals surface area contributed by atoms with E-state index in [4.69, 9.17) is 5.73 Å². The van der Waals surface area contributed by atoms with Crippen molar-refractivity contribution in [3.63, 3.8) is 0 Å². The number of phenolic OH excluding ortho intramolecular Hbond substituents is 1. The molecule has 0 spiro atoms. The fourth-order valence-electron chi connectivity index (χ4n) is 1.62. The van der Waals surface area contributed by atoms with Crippen molar-refractivity contribution in [3.05, 3.63) is 60.2 Å². The number of carbonyl (C=O) groups is 1. The van der Waals surface area contributed by atoms with Gasteiger partial charge in [-0.2, -0.15) is 0 Å². The number of hydrogen-bond donors (Lipinski definition) is 2. The predicted octanol–water partition coefficient (Wildman–Crippen LogP) is 2.56. The molecule has 0 aliphatic heterocycles. The molecule has 3 nitrogen and oxygen atoms in total. The molecule has 0 saturated heterocycles. The number of rotatable bonds is 3. The number of nitrogens with two attached hydrogens (primary N) is 1. The topological polar surface area (TPSA) is 63.3 Å². The first-order chi connectivity index (χ1) is 8.65. The first kappa shape index (κ1) is 11.9. The SMILES string of the molecule is NC(=O)C=Cc1ccc(-c2ccc(O)cc2)cc1. The maximum Gasteiger partial charge on any atom is 0.241 e. The highest BCUT2D eigenvalue weighted by molar-refractivity contribution is 5.90. The Hall–Kier alpha value is -2.55. The molecule has 0 atom stereocenters. The Morgan fingerprint density at radius 2 is 1.44 bits per heavy atom. The van der Waals surface area contributed by atoms with Gasteiger partial charge in [0, 0.05) is 6.08 Å². The number of aromatic hydroxyl groups is 1. The zero-order valence-electron chi connectivity index (χ0n) is 9.71. The van der Waals surface area contributed by atoms with Gasteiger partial charge in [-0.25, -0.2) is 0 Å². The van der Waals surface area contributed by atoms with Gasteiger partial charge >= 0.3 is 0 Å². The molecule has 0 aromatic heterocycles. The summed E-state index contributed by atoms with van der Waals surface area (Å²) in [4.78, 5) is 10.6. The summed E-state index contributed by atoms with van der Waals surface area (Å²) in [5, 5.41) is 9.22. The van der Waals surface area contributed by atoms with E-state index >= 15 is 0 Å². The van der Waals surface area contributed by atoms with Crippen molar-refractivity contribution in [3.8, 4) is 16.9 Å². The monoisotopic (exact) mass is 239 g/mol. The van der Waals surface area contributed by atoms with Crippen LogP contribution in [0.2, 0.25) is 0 Å². The van der Waals surface area contributed by atoms with Crippen LogP contribution in [0.25, 0.3) is 17.2 Å². The summed E-state index contributed by atoms with van der Waals surface area (Å²) in [6.45, 7) is 0. The van der Waals surface area contributed by atoms with Gasteiger partial charge in [-0.1, -0.05) is 36.4 Å². The van der Waals surface area contributed by atoms with Crippen molar-refractivity contribution in [2.45, 2.75) is 0 Å². The first-order valence-electron chi connectivity index (χ1n) is 5.52. The third-order valence-corrected chi connectivity index (χ3v) is 2.55. The second-order valence-corrected chi connectivity index (χ2v) is 3.90. The van der Waals surface area contributed by atoms with Gasteiger partial charge in [0.15, 0.2) is 0 Å². The lowest BCUT2D eigenvalue weighted by Crippen LogP contribution is -2.04. The largest absolute Gasteiger partial charge is 0.508 e. The molecule has 18 heavy (non-hydrogen) atoms. The van der Waals surface area contributed by atoms with Crippen molar-refractivity contribution in [2.24, 2.45) is 5.73 Å². The quantitative estimate of drug-likeness (QED) is 0.808.